The fraction of sp³-hybridized carbons (Fsp3) is 0.154. The number of rotatable bonds is 3. The van der Waals surface area contributed by atoms with Crippen molar-refractivity contribution in [1.82, 2.24) is 9.55 Å². The van der Waals surface area contributed by atoms with Crippen LogP contribution in [0.4, 0.5) is 8.78 Å². The number of hydrogen-bond donors (Lipinski definition) is 1. The lowest BCUT2D eigenvalue weighted by Gasteiger charge is -2.07. The topological polar surface area (TPSA) is 71.9 Å². The van der Waals surface area contributed by atoms with Crippen molar-refractivity contribution in [3.05, 3.63) is 68.0 Å². The van der Waals surface area contributed by atoms with Crippen LogP contribution < -0.4 is 11.2 Å². The van der Waals surface area contributed by atoms with Crippen LogP contribution in [0.1, 0.15) is 22.8 Å². The summed E-state index contributed by atoms with van der Waals surface area (Å²) in [6, 6.07) is 2.72. The summed E-state index contributed by atoms with van der Waals surface area (Å²) in [6.45, 7) is 0.709. The largest absolute Gasteiger partial charge is 0.328 e. The molecule has 0 amide bonds. The molecule has 0 radical (unpaired) electrons. The Labute approximate surface area is 111 Å². The van der Waals surface area contributed by atoms with E-state index in [9.17, 15) is 23.2 Å². The number of H-pyrrole nitrogens is 1. The van der Waals surface area contributed by atoms with Crippen LogP contribution in [0.15, 0.2) is 34.0 Å². The average molecular weight is 280 g/mol. The first-order chi connectivity index (χ1) is 9.40. The predicted octanol–water partition coefficient (Wildman–Crippen LogP) is 1.07. The van der Waals surface area contributed by atoms with E-state index in [0.717, 1.165) is 24.4 Å². The number of Topliss-reactive ketones (excluding diaryl/α,β-unsaturated/α-hetero) is 1. The molecular formula is C13H10F2N2O3. The SMILES string of the molecule is CC(=O)c1c[nH]c(=O)n(Cc2cc(F)ccc2F)c1=O. The van der Waals surface area contributed by atoms with Gasteiger partial charge < -0.3 is 4.98 Å². The number of hydrogen-bond acceptors (Lipinski definition) is 3. The highest BCUT2D eigenvalue weighted by Crippen LogP contribution is 2.10. The van der Waals surface area contributed by atoms with Gasteiger partial charge in [-0.1, -0.05) is 0 Å². The van der Waals surface area contributed by atoms with Gasteiger partial charge in [0.15, 0.2) is 5.78 Å². The molecule has 0 aliphatic rings. The monoisotopic (exact) mass is 280 g/mol. The summed E-state index contributed by atoms with van der Waals surface area (Å²) < 4.78 is 27.2. The van der Waals surface area contributed by atoms with E-state index >= 15 is 0 Å². The van der Waals surface area contributed by atoms with Gasteiger partial charge in [0.05, 0.1) is 12.1 Å². The molecule has 1 N–H and O–H groups in total. The van der Waals surface area contributed by atoms with Gasteiger partial charge in [-0.2, -0.15) is 0 Å². The zero-order chi connectivity index (χ0) is 14.9. The molecule has 104 valence electrons. The van der Waals surface area contributed by atoms with Gasteiger partial charge in [0, 0.05) is 11.8 Å². The molecule has 1 aromatic carbocycles. The molecule has 2 rings (SSSR count). The number of carbonyl (C=O) groups is 1. The molecule has 0 bridgehead atoms. The Morgan fingerprint density at radius 2 is 2.00 bits per heavy atom. The van der Waals surface area contributed by atoms with Gasteiger partial charge in [0.25, 0.3) is 5.56 Å². The van der Waals surface area contributed by atoms with Crippen molar-refractivity contribution < 1.29 is 13.6 Å². The van der Waals surface area contributed by atoms with Gasteiger partial charge in [0.1, 0.15) is 11.6 Å². The van der Waals surface area contributed by atoms with Crippen LogP contribution in [0.5, 0.6) is 0 Å². The van der Waals surface area contributed by atoms with Crippen LogP contribution in [0.3, 0.4) is 0 Å². The molecule has 5 nitrogen and oxygen atoms in total. The average Bonchev–Trinajstić information content (AvgIpc) is 2.38. The molecule has 20 heavy (non-hydrogen) atoms. The van der Waals surface area contributed by atoms with Gasteiger partial charge in [0.2, 0.25) is 0 Å². The highest BCUT2D eigenvalue weighted by Gasteiger charge is 2.13. The van der Waals surface area contributed by atoms with Crippen LogP contribution in [-0.2, 0) is 6.54 Å². The van der Waals surface area contributed by atoms with Crippen LogP contribution in [0.25, 0.3) is 0 Å². The summed E-state index contributed by atoms with van der Waals surface area (Å²) in [5, 5.41) is 0. The van der Waals surface area contributed by atoms with Crippen molar-refractivity contribution >= 4 is 5.78 Å². The first-order valence-corrected chi connectivity index (χ1v) is 5.67. The van der Waals surface area contributed by atoms with E-state index in [1.54, 1.807) is 0 Å². The van der Waals surface area contributed by atoms with Crippen molar-refractivity contribution in [2.24, 2.45) is 0 Å². The number of nitrogens with one attached hydrogen (secondary N) is 1. The zero-order valence-corrected chi connectivity index (χ0v) is 10.4. The highest BCUT2D eigenvalue weighted by atomic mass is 19.1. The number of aromatic nitrogens is 2. The first-order valence-electron chi connectivity index (χ1n) is 5.67. The van der Waals surface area contributed by atoms with Gasteiger partial charge in [-0.15, -0.1) is 0 Å². The van der Waals surface area contributed by atoms with E-state index in [0.29, 0.717) is 4.57 Å². The lowest BCUT2D eigenvalue weighted by molar-refractivity contribution is 0.101. The number of halogens is 2. The Bertz CT molecular complexity index is 793. The summed E-state index contributed by atoms with van der Waals surface area (Å²) >= 11 is 0. The molecular weight excluding hydrogens is 270 g/mol. The molecule has 0 saturated heterocycles. The van der Waals surface area contributed by atoms with Gasteiger partial charge in [-0.05, 0) is 25.1 Å². The summed E-state index contributed by atoms with van der Waals surface area (Å²) in [7, 11) is 0. The van der Waals surface area contributed by atoms with Gasteiger partial charge in [-0.25, -0.2) is 13.6 Å². The predicted molar refractivity (Wildman–Crippen MR) is 66.8 cm³/mol. The molecule has 0 aliphatic heterocycles. The molecule has 0 unspecified atom stereocenters. The van der Waals surface area contributed by atoms with E-state index < -0.39 is 35.2 Å². The Morgan fingerprint density at radius 1 is 1.30 bits per heavy atom. The lowest BCUT2D eigenvalue weighted by atomic mass is 10.2. The van der Waals surface area contributed by atoms with Gasteiger partial charge >= 0.3 is 5.69 Å². The minimum atomic E-state index is -0.843. The summed E-state index contributed by atoms with van der Waals surface area (Å²) in [5.41, 5.74) is -2.02. The minimum Gasteiger partial charge on any atom is -0.313 e. The number of carbonyl (C=O) groups excluding carboxylic acids is 1. The van der Waals surface area contributed by atoms with Crippen LogP contribution in [-0.4, -0.2) is 15.3 Å². The third-order valence-corrected chi connectivity index (χ3v) is 2.78. The number of aromatic amines is 1. The normalized spacial score (nSPS) is 10.6. The molecule has 1 aromatic heterocycles. The van der Waals surface area contributed by atoms with E-state index in [1.165, 1.54) is 6.92 Å². The Morgan fingerprint density at radius 3 is 2.65 bits per heavy atom. The maximum atomic E-state index is 13.5. The Balaban J connectivity index is 2.57. The number of nitrogens with zero attached hydrogens (tertiary/aromatic N) is 1. The number of ketones is 1. The van der Waals surface area contributed by atoms with Crippen molar-refractivity contribution in [2.75, 3.05) is 0 Å². The molecule has 0 atom stereocenters. The van der Waals surface area contributed by atoms with E-state index in [2.05, 4.69) is 4.98 Å². The van der Waals surface area contributed by atoms with Gasteiger partial charge in [-0.3, -0.25) is 14.2 Å². The standard InChI is InChI=1S/C13H10F2N2O3/c1-7(18)10-5-16-13(20)17(12(10)19)6-8-4-9(14)2-3-11(8)15/h2-5H,6H2,1H3,(H,16,20). The molecule has 1 heterocycles. The first kappa shape index (κ1) is 13.9. The zero-order valence-electron chi connectivity index (χ0n) is 10.4. The second-order valence-electron chi connectivity index (χ2n) is 4.19. The lowest BCUT2D eigenvalue weighted by Crippen LogP contribution is -2.38. The quantitative estimate of drug-likeness (QED) is 0.855. The van der Waals surface area contributed by atoms with Crippen molar-refractivity contribution in [3.63, 3.8) is 0 Å². The minimum absolute atomic E-state index is 0.154. The van der Waals surface area contributed by atoms with Crippen molar-refractivity contribution in [2.45, 2.75) is 13.5 Å². The molecule has 0 aliphatic carbocycles. The van der Waals surface area contributed by atoms with E-state index in [4.69, 9.17) is 0 Å². The van der Waals surface area contributed by atoms with E-state index in [1.807, 2.05) is 0 Å². The second-order valence-corrected chi connectivity index (χ2v) is 4.19. The van der Waals surface area contributed by atoms with Crippen molar-refractivity contribution in [1.29, 1.82) is 0 Å². The third kappa shape index (κ3) is 2.56. The second kappa shape index (κ2) is 5.20. The molecule has 0 fully saturated rings. The van der Waals surface area contributed by atoms with Crippen molar-refractivity contribution in [3.8, 4) is 0 Å². The molecule has 2 aromatic rings. The molecule has 0 saturated carbocycles. The fourth-order valence-electron chi connectivity index (χ4n) is 1.74. The summed E-state index contributed by atoms with van der Waals surface area (Å²) in [6.07, 6.45) is 1.01. The fourth-order valence-corrected chi connectivity index (χ4v) is 1.74. The maximum Gasteiger partial charge on any atom is 0.328 e. The number of benzene rings is 1. The summed E-state index contributed by atoms with van der Waals surface area (Å²) in [5.74, 6) is -1.96. The maximum absolute atomic E-state index is 13.5. The Hall–Kier alpha value is -2.57. The smallest absolute Gasteiger partial charge is 0.313 e. The van der Waals surface area contributed by atoms with Crippen LogP contribution >= 0.6 is 0 Å². The van der Waals surface area contributed by atoms with E-state index in [-0.39, 0.29) is 11.1 Å². The third-order valence-electron chi connectivity index (χ3n) is 2.78. The molecule has 0 spiro atoms. The Kier molecular flexibility index (Phi) is 3.60. The van der Waals surface area contributed by atoms with Crippen LogP contribution in [0.2, 0.25) is 0 Å². The highest BCUT2D eigenvalue weighted by molar-refractivity contribution is 5.93. The summed E-state index contributed by atoms with van der Waals surface area (Å²) in [4.78, 5) is 37.0. The molecule has 7 heteroatoms. The van der Waals surface area contributed by atoms with Crippen LogP contribution in [0, 0.1) is 11.6 Å².